The lowest BCUT2D eigenvalue weighted by molar-refractivity contribution is -0.139. The largest absolute Gasteiger partial charge is 0.497 e. The molecule has 0 spiro atoms. The molecule has 196 valence electrons. The van der Waals surface area contributed by atoms with Crippen LogP contribution in [0.5, 0.6) is 11.5 Å². The first-order valence-electron chi connectivity index (χ1n) is 12.5. The zero-order chi connectivity index (χ0) is 25.8. The molecule has 1 aromatic carbocycles. The SMILES string of the molecule is CCOC(=O)C1=C(CN2CCCN(C(=O)C3CC3)CC2)N(C)C(=O)NC1c1cc(OC)cc(OC)c1. The van der Waals surface area contributed by atoms with Crippen LogP contribution in [-0.4, -0.2) is 93.2 Å². The van der Waals surface area contributed by atoms with Crippen molar-refractivity contribution in [2.75, 3.05) is 60.6 Å². The average Bonchev–Trinajstić information content (AvgIpc) is 3.74. The van der Waals surface area contributed by atoms with Crippen molar-refractivity contribution in [2.45, 2.75) is 32.2 Å². The van der Waals surface area contributed by atoms with Crippen LogP contribution in [-0.2, 0) is 14.3 Å². The minimum atomic E-state index is -0.730. The molecule has 1 aliphatic carbocycles. The van der Waals surface area contributed by atoms with Crippen molar-refractivity contribution >= 4 is 17.9 Å². The number of carbonyl (C=O) groups is 3. The summed E-state index contributed by atoms with van der Waals surface area (Å²) in [5.41, 5.74) is 1.63. The number of likely N-dealkylation sites (N-methyl/N-ethyl adjacent to an activating group) is 1. The maximum absolute atomic E-state index is 13.3. The lowest BCUT2D eigenvalue weighted by Crippen LogP contribution is -2.49. The van der Waals surface area contributed by atoms with E-state index in [4.69, 9.17) is 14.2 Å². The van der Waals surface area contributed by atoms with Crippen molar-refractivity contribution in [3.8, 4) is 11.5 Å². The van der Waals surface area contributed by atoms with Crippen LogP contribution < -0.4 is 14.8 Å². The number of amides is 3. The maximum atomic E-state index is 13.3. The molecule has 36 heavy (non-hydrogen) atoms. The molecular weight excluding hydrogens is 464 g/mol. The number of hydrogen-bond acceptors (Lipinski definition) is 7. The fourth-order valence-electron chi connectivity index (χ4n) is 4.79. The molecule has 1 unspecified atom stereocenters. The van der Waals surface area contributed by atoms with Crippen molar-refractivity contribution in [1.29, 1.82) is 0 Å². The van der Waals surface area contributed by atoms with Crippen molar-refractivity contribution in [2.24, 2.45) is 5.92 Å². The molecule has 1 atom stereocenters. The molecular formula is C26H36N4O6. The Morgan fingerprint density at radius 3 is 2.33 bits per heavy atom. The van der Waals surface area contributed by atoms with E-state index in [0.717, 1.165) is 32.4 Å². The van der Waals surface area contributed by atoms with Crippen LogP contribution in [0.3, 0.4) is 0 Å². The van der Waals surface area contributed by atoms with Gasteiger partial charge in [0.05, 0.1) is 32.4 Å². The highest BCUT2D eigenvalue weighted by Crippen LogP contribution is 2.35. The summed E-state index contributed by atoms with van der Waals surface area (Å²) < 4.78 is 16.3. The molecule has 1 saturated carbocycles. The van der Waals surface area contributed by atoms with Gasteiger partial charge < -0.3 is 24.4 Å². The fraction of sp³-hybridized carbons (Fsp3) is 0.577. The van der Waals surface area contributed by atoms with E-state index in [9.17, 15) is 14.4 Å². The second kappa shape index (κ2) is 11.2. The van der Waals surface area contributed by atoms with E-state index in [0.29, 0.717) is 48.0 Å². The minimum absolute atomic E-state index is 0.198. The first kappa shape index (κ1) is 25.8. The zero-order valence-electron chi connectivity index (χ0n) is 21.5. The van der Waals surface area contributed by atoms with Gasteiger partial charge in [-0.2, -0.15) is 0 Å². The van der Waals surface area contributed by atoms with Crippen LogP contribution in [0.4, 0.5) is 4.79 Å². The smallest absolute Gasteiger partial charge is 0.338 e. The van der Waals surface area contributed by atoms with Gasteiger partial charge in [-0.05, 0) is 43.9 Å². The molecule has 1 saturated heterocycles. The molecule has 2 aliphatic heterocycles. The van der Waals surface area contributed by atoms with Crippen LogP contribution in [0.15, 0.2) is 29.5 Å². The van der Waals surface area contributed by atoms with E-state index < -0.39 is 12.0 Å². The molecule has 0 radical (unpaired) electrons. The Balaban J connectivity index is 1.67. The molecule has 1 aromatic rings. The number of nitrogens with zero attached hydrogens (tertiary/aromatic N) is 3. The summed E-state index contributed by atoms with van der Waals surface area (Å²) in [6.45, 7) is 5.17. The first-order valence-corrected chi connectivity index (χ1v) is 12.5. The molecule has 3 amide bonds. The Morgan fingerprint density at radius 2 is 1.72 bits per heavy atom. The van der Waals surface area contributed by atoms with E-state index in [1.54, 1.807) is 46.4 Å². The molecule has 4 rings (SSSR count). The van der Waals surface area contributed by atoms with Crippen molar-refractivity contribution in [3.05, 3.63) is 35.0 Å². The highest BCUT2D eigenvalue weighted by Gasteiger charge is 2.38. The Hall–Kier alpha value is -3.27. The van der Waals surface area contributed by atoms with E-state index in [1.807, 2.05) is 4.90 Å². The number of methoxy groups -OCH3 is 2. The lowest BCUT2D eigenvalue weighted by atomic mass is 9.94. The van der Waals surface area contributed by atoms with Gasteiger partial charge in [0.2, 0.25) is 5.91 Å². The molecule has 0 bridgehead atoms. The first-order chi connectivity index (χ1) is 17.4. The van der Waals surface area contributed by atoms with E-state index in [1.165, 1.54) is 4.90 Å². The second-order valence-electron chi connectivity index (χ2n) is 9.40. The number of hydrogen-bond donors (Lipinski definition) is 1. The molecule has 2 fully saturated rings. The molecule has 3 aliphatic rings. The van der Waals surface area contributed by atoms with E-state index in [-0.39, 0.29) is 24.5 Å². The summed E-state index contributed by atoms with van der Waals surface area (Å²) in [5, 5.41) is 2.94. The highest BCUT2D eigenvalue weighted by atomic mass is 16.5. The van der Waals surface area contributed by atoms with Gasteiger partial charge in [0, 0.05) is 57.5 Å². The average molecular weight is 501 g/mol. The molecule has 1 N–H and O–H groups in total. The van der Waals surface area contributed by atoms with E-state index >= 15 is 0 Å². The maximum Gasteiger partial charge on any atom is 0.338 e. The topological polar surface area (TPSA) is 101 Å². The van der Waals surface area contributed by atoms with Gasteiger partial charge >= 0.3 is 12.0 Å². The van der Waals surface area contributed by atoms with Gasteiger partial charge in [-0.1, -0.05) is 0 Å². The Kier molecular flexibility index (Phi) is 8.03. The molecule has 0 aromatic heterocycles. The number of urea groups is 1. The van der Waals surface area contributed by atoms with Crippen molar-refractivity contribution < 1.29 is 28.6 Å². The van der Waals surface area contributed by atoms with Gasteiger partial charge in [0.1, 0.15) is 11.5 Å². The quantitative estimate of drug-likeness (QED) is 0.546. The third kappa shape index (κ3) is 5.59. The monoisotopic (exact) mass is 500 g/mol. The Bertz CT molecular complexity index is 1020. The van der Waals surface area contributed by atoms with Crippen molar-refractivity contribution in [1.82, 2.24) is 20.0 Å². The third-order valence-corrected chi connectivity index (χ3v) is 6.98. The molecule has 2 heterocycles. The number of nitrogens with one attached hydrogen (secondary N) is 1. The number of ether oxygens (including phenoxy) is 3. The highest BCUT2D eigenvalue weighted by molar-refractivity contribution is 5.95. The van der Waals surface area contributed by atoms with Gasteiger partial charge in [0.15, 0.2) is 0 Å². The number of esters is 1. The number of rotatable bonds is 8. The van der Waals surface area contributed by atoms with Gasteiger partial charge in [-0.3, -0.25) is 14.6 Å². The van der Waals surface area contributed by atoms with Gasteiger partial charge in [0.25, 0.3) is 0 Å². The normalized spacial score (nSPS) is 21.1. The summed E-state index contributed by atoms with van der Waals surface area (Å²) in [5.74, 6) is 1.07. The molecule has 10 nitrogen and oxygen atoms in total. The van der Waals surface area contributed by atoms with Gasteiger partial charge in [-0.15, -0.1) is 0 Å². The van der Waals surface area contributed by atoms with Crippen LogP contribution >= 0.6 is 0 Å². The summed E-state index contributed by atoms with van der Waals surface area (Å²) in [6, 6.07) is 4.25. The molecule has 10 heteroatoms. The second-order valence-corrected chi connectivity index (χ2v) is 9.40. The number of carbonyl (C=O) groups excluding carboxylic acids is 3. The van der Waals surface area contributed by atoms with Gasteiger partial charge in [-0.25, -0.2) is 9.59 Å². The fourth-order valence-corrected chi connectivity index (χ4v) is 4.79. The third-order valence-electron chi connectivity index (χ3n) is 6.98. The van der Waals surface area contributed by atoms with Crippen LogP contribution in [0.25, 0.3) is 0 Å². The van der Waals surface area contributed by atoms with Crippen molar-refractivity contribution in [3.63, 3.8) is 0 Å². The summed E-state index contributed by atoms with van der Waals surface area (Å²) >= 11 is 0. The predicted octanol–water partition coefficient (Wildman–Crippen LogP) is 2.16. The summed E-state index contributed by atoms with van der Waals surface area (Å²) in [6.07, 6.45) is 2.82. The zero-order valence-corrected chi connectivity index (χ0v) is 21.5. The van der Waals surface area contributed by atoms with Crippen LogP contribution in [0.2, 0.25) is 0 Å². The summed E-state index contributed by atoms with van der Waals surface area (Å²) in [4.78, 5) is 44.6. The number of benzene rings is 1. The standard InChI is InChI=1S/C26H36N4O6/c1-5-36-25(32)22-21(16-29-9-6-10-30(12-11-29)24(31)17-7-8-17)28(2)26(33)27-23(22)18-13-19(34-3)15-20(14-18)35-4/h13-15,17,23H,5-12,16H2,1-4H3,(H,27,33). The minimum Gasteiger partial charge on any atom is -0.497 e. The summed E-state index contributed by atoms with van der Waals surface area (Å²) in [7, 11) is 4.76. The van der Waals surface area contributed by atoms with Crippen LogP contribution in [0, 0.1) is 5.92 Å². The predicted molar refractivity (Wildman–Crippen MR) is 133 cm³/mol. The lowest BCUT2D eigenvalue weighted by Gasteiger charge is -2.36. The Labute approximate surface area is 212 Å². The van der Waals surface area contributed by atoms with E-state index in [2.05, 4.69) is 10.2 Å². The van der Waals surface area contributed by atoms with Crippen LogP contribution in [0.1, 0.15) is 37.8 Å². The Morgan fingerprint density at radius 1 is 1.03 bits per heavy atom.